The second-order valence-electron chi connectivity index (χ2n) is 7.32. The highest BCUT2D eigenvalue weighted by molar-refractivity contribution is 5.91. The third-order valence-electron chi connectivity index (χ3n) is 5.35. The molecular weight excluding hydrogens is 370 g/mol. The van der Waals surface area contributed by atoms with E-state index in [4.69, 9.17) is 5.73 Å². The predicted octanol–water partition coefficient (Wildman–Crippen LogP) is 2.44. The lowest BCUT2D eigenvalue weighted by atomic mass is 9.57. The van der Waals surface area contributed by atoms with Crippen molar-refractivity contribution in [1.29, 1.82) is 0 Å². The lowest BCUT2D eigenvalue weighted by Crippen LogP contribution is -2.50. The van der Waals surface area contributed by atoms with Crippen LogP contribution in [0.3, 0.4) is 0 Å². The van der Waals surface area contributed by atoms with Crippen molar-refractivity contribution in [3.63, 3.8) is 0 Å². The molecule has 0 radical (unpaired) electrons. The molecule has 29 heavy (non-hydrogen) atoms. The van der Waals surface area contributed by atoms with Gasteiger partial charge >= 0.3 is 5.97 Å². The molecule has 0 saturated heterocycles. The van der Waals surface area contributed by atoms with E-state index >= 15 is 0 Å². The Morgan fingerprint density at radius 1 is 1.21 bits per heavy atom. The summed E-state index contributed by atoms with van der Waals surface area (Å²) < 4.78 is 4.11. The average molecular weight is 402 g/mol. The molecule has 1 aromatic rings. The van der Waals surface area contributed by atoms with Gasteiger partial charge in [0, 0.05) is 19.7 Å². The molecule has 7 heteroatoms. The van der Waals surface area contributed by atoms with E-state index in [9.17, 15) is 14.4 Å². The third kappa shape index (κ3) is 5.94. The molecule has 0 heterocycles. The molecule has 158 valence electrons. The monoisotopic (exact) mass is 401 g/mol. The fourth-order valence-electron chi connectivity index (χ4n) is 3.84. The molecule has 0 unspecified atom stereocenters. The van der Waals surface area contributed by atoms with Crippen LogP contribution in [0.2, 0.25) is 0 Å². The Balaban J connectivity index is 0.000000396. The van der Waals surface area contributed by atoms with Gasteiger partial charge in [-0.2, -0.15) is 0 Å². The highest BCUT2D eigenvalue weighted by Crippen LogP contribution is 2.67. The number of nitrogens with two attached hydrogens (primary N) is 1. The van der Waals surface area contributed by atoms with Gasteiger partial charge in [-0.3, -0.25) is 14.4 Å². The zero-order valence-corrected chi connectivity index (χ0v) is 17.4. The molecule has 0 atom stereocenters. The molecular formula is C22H31N3O4. The topological polar surface area (TPSA) is 111 Å². The van der Waals surface area contributed by atoms with Crippen LogP contribution in [0.5, 0.6) is 0 Å². The van der Waals surface area contributed by atoms with E-state index in [1.807, 2.05) is 19.2 Å². The number of esters is 1. The summed E-state index contributed by atoms with van der Waals surface area (Å²) in [6.07, 6.45) is 5.78. The zero-order valence-electron chi connectivity index (χ0n) is 17.4. The minimum atomic E-state index is -0.312. The van der Waals surface area contributed by atoms with Crippen LogP contribution in [0.4, 0.5) is 5.69 Å². The number of carbonyl (C=O) groups excluding carboxylic acids is 3. The Kier molecular flexibility index (Phi) is 8.63. The summed E-state index contributed by atoms with van der Waals surface area (Å²) in [4.78, 5) is 32.4. The smallest absolute Gasteiger partial charge is 0.302 e. The van der Waals surface area contributed by atoms with Crippen molar-refractivity contribution < 1.29 is 19.1 Å². The van der Waals surface area contributed by atoms with Gasteiger partial charge in [-0.15, -0.1) is 0 Å². The summed E-state index contributed by atoms with van der Waals surface area (Å²) in [5.74, 6) is -0.303. The number of hydrogen-bond acceptors (Lipinski definition) is 6. The molecule has 1 aromatic carbocycles. The van der Waals surface area contributed by atoms with Gasteiger partial charge in [0.15, 0.2) is 6.29 Å². The minimum Gasteiger partial charge on any atom is -0.469 e. The molecule has 3 aliphatic carbocycles. The van der Waals surface area contributed by atoms with Crippen LogP contribution in [-0.4, -0.2) is 32.3 Å². The van der Waals surface area contributed by atoms with Gasteiger partial charge in [0.1, 0.15) is 0 Å². The number of nitrogen functional groups attached to an aromatic ring is 1. The summed E-state index contributed by atoms with van der Waals surface area (Å²) in [6.45, 7) is 8.23. The Bertz CT molecular complexity index is 750. The fraction of sp³-hybridized carbons (Fsp3) is 0.409. The first kappa shape index (κ1) is 23.9. The van der Waals surface area contributed by atoms with Crippen molar-refractivity contribution in [2.24, 2.45) is 5.41 Å². The molecule has 3 saturated carbocycles. The molecule has 0 aromatic heterocycles. The number of allylic oxidation sites excluding steroid dienone is 1. The Labute approximate surface area is 172 Å². The summed E-state index contributed by atoms with van der Waals surface area (Å²) in [6, 6.07) is 7.95. The first-order valence-electron chi connectivity index (χ1n) is 9.33. The van der Waals surface area contributed by atoms with E-state index in [1.54, 1.807) is 6.20 Å². The van der Waals surface area contributed by atoms with E-state index in [2.05, 4.69) is 40.7 Å². The SMILES string of the molecule is C=C(C=O)NC(=O)C12CCC(c3ccc(N)cc3)(C1)C2.C=CNC.COC(C)=O. The van der Waals surface area contributed by atoms with Crippen LogP contribution in [0.25, 0.3) is 0 Å². The quantitative estimate of drug-likeness (QED) is 0.302. The molecule has 3 fully saturated rings. The van der Waals surface area contributed by atoms with Gasteiger partial charge in [-0.25, -0.2) is 0 Å². The number of nitrogens with one attached hydrogen (secondary N) is 2. The standard InChI is InChI=1S/C16H18N2O2.C3H7N.C3H6O2/c1-11(8-19)18-14(20)16-7-6-15(9-16,10-16)12-2-4-13(17)5-3-12;1-3-4-2;1-3(4)5-2/h2-5,8H,1,6-7,9-10,17H2,(H,18,20);3-4H,1H2,2H3;1-2H3. The van der Waals surface area contributed by atoms with Crippen LogP contribution in [0.1, 0.15) is 38.2 Å². The van der Waals surface area contributed by atoms with E-state index in [1.165, 1.54) is 19.6 Å². The van der Waals surface area contributed by atoms with Crippen LogP contribution in [0, 0.1) is 5.41 Å². The average Bonchev–Trinajstić information content (AvgIpc) is 3.27. The Hall–Kier alpha value is -3.09. The maximum absolute atomic E-state index is 12.3. The number of hydrogen-bond donors (Lipinski definition) is 3. The van der Waals surface area contributed by atoms with E-state index in [0.717, 1.165) is 31.4 Å². The normalized spacial score (nSPS) is 22.9. The van der Waals surface area contributed by atoms with Gasteiger partial charge in [0.25, 0.3) is 0 Å². The largest absolute Gasteiger partial charge is 0.469 e. The lowest BCUT2D eigenvalue weighted by Gasteiger charge is -2.46. The first-order valence-corrected chi connectivity index (χ1v) is 9.33. The minimum absolute atomic E-state index is 0.0572. The van der Waals surface area contributed by atoms with Crippen molar-refractivity contribution in [2.45, 2.75) is 38.0 Å². The van der Waals surface area contributed by atoms with Crippen LogP contribution >= 0.6 is 0 Å². The van der Waals surface area contributed by atoms with Crippen molar-refractivity contribution >= 4 is 23.9 Å². The van der Waals surface area contributed by atoms with E-state index in [0.29, 0.717) is 6.29 Å². The number of ether oxygens (including phenoxy) is 1. The first-order chi connectivity index (χ1) is 13.7. The van der Waals surface area contributed by atoms with E-state index < -0.39 is 0 Å². The van der Waals surface area contributed by atoms with Gasteiger partial charge in [0.2, 0.25) is 5.91 Å². The summed E-state index contributed by atoms with van der Waals surface area (Å²) in [5, 5.41) is 5.30. The van der Waals surface area contributed by atoms with Crippen molar-refractivity contribution in [3.05, 3.63) is 54.9 Å². The fourth-order valence-corrected chi connectivity index (χ4v) is 3.84. The number of anilines is 1. The van der Waals surface area contributed by atoms with Crippen LogP contribution < -0.4 is 16.4 Å². The predicted molar refractivity (Wildman–Crippen MR) is 114 cm³/mol. The molecule has 1 amide bonds. The molecule has 2 bridgehead atoms. The van der Waals surface area contributed by atoms with Gasteiger partial charge < -0.3 is 21.1 Å². The highest BCUT2D eigenvalue weighted by atomic mass is 16.5. The highest BCUT2D eigenvalue weighted by Gasteiger charge is 2.64. The molecule has 0 aliphatic heterocycles. The summed E-state index contributed by atoms with van der Waals surface area (Å²) in [7, 11) is 3.16. The number of rotatable bonds is 5. The van der Waals surface area contributed by atoms with Gasteiger partial charge in [0.05, 0.1) is 18.2 Å². The second-order valence-corrected chi connectivity index (χ2v) is 7.32. The molecule has 4 N–H and O–H groups in total. The maximum atomic E-state index is 12.3. The van der Waals surface area contributed by atoms with Gasteiger partial charge in [-0.1, -0.05) is 25.3 Å². The number of amides is 1. The summed E-state index contributed by atoms with van der Waals surface area (Å²) in [5.41, 5.74) is 7.69. The number of aldehydes is 1. The number of carbonyl (C=O) groups is 3. The second kappa shape index (κ2) is 10.5. The van der Waals surface area contributed by atoms with Crippen molar-refractivity contribution in [1.82, 2.24) is 10.6 Å². The van der Waals surface area contributed by atoms with Crippen LogP contribution in [-0.2, 0) is 24.5 Å². The molecule has 7 nitrogen and oxygen atoms in total. The molecule has 4 rings (SSSR count). The van der Waals surface area contributed by atoms with Gasteiger partial charge in [-0.05, 0) is 55.0 Å². The number of methoxy groups -OCH3 is 1. The molecule has 0 spiro atoms. The summed E-state index contributed by atoms with van der Waals surface area (Å²) >= 11 is 0. The maximum Gasteiger partial charge on any atom is 0.302 e. The third-order valence-corrected chi connectivity index (χ3v) is 5.35. The Morgan fingerprint density at radius 2 is 1.72 bits per heavy atom. The van der Waals surface area contributed by atoms with Crippen molar-refractivity contribution in [3.8, 4) is 0 Å². The lowest BCUT2D eigenvalue weighted by molar-refractivity contribution is -0.138. The zero-order chi connectivity index (χ0) is 22.1. The Morgan fingerprint density at radius 3 is 2.14 bits per heavy atom. The van der Waals surface area contributed by atoms with E-state index in [-0.39, 0.29) is 28.4 Å². The van der Waals surface area contributed by atoms with Crippen LogP contribution in [0.15, 0.2) is 49.3 Å². The molecule has 3 aliphatic rings. The number of fused-ring (bicyclic) bond motifs is 1. The van der Waals surface area contributed by atoms with Crippen molar-refractivity contribution in [2.75, 3.05) is 19.9 Å². The number of benzene rings is 1.